The second-order valence-corrected chi connectivity index (χ2v) is 17.4. The van der Waals surface area contributed by atoms with E-state index in [0.717, 1.165) is 70.6 Å². The number of hydrogen-bond donors (Lipinski definition) is 2. The highest BCUT2D eigenvalue weighted by atomic mass is 31.2. The highest BCUT2D eigenvalue weighted by molar-refractivity contribution is 7.47. The number of carbonyl (C=O) groups excluding carboxylic acids is 2. The summed E-state index contributed by atoms with van der Waals surface area (Å²) in [6.07, 6.45) is 50.4. The average molecular weight is 840 g/mol. The maximum Gasteiger partial charge on any atom is 0.472 e. The average Bonchev–Trinajstić information content (AvgIpc) is 3.21. The Morgan fingerprint density at radius 1 is 0.534 bits per heavy atom. The van der Waals surface area contributed by atoms with Crippen LogP contribution >= 0.6 is 7.82 Å². The number of allylic oxidation sites excluding steroid dienone is 6. The molecule has 0 aromatic heterocycles. The molecule has 3 N–H and O–H groups in total. The van der Waals surface area contributed by atoms with Gasteiger partial charge in [0, 0.05) is 19.4 Å². The monoisotopic (exact) mass is 840 g/mol. The minimum atomic E-state index is -4.38. The van der Waals surface area contributed by atoms with Crippen LogP contribution in [0.5, 0.6) is 0 Å². The SMILES string of the molecule is CC/C=C/C/C=C/C/C=C/CCCCCCCC(=O)O[C@H](COC(=O)CCCCCCCCCCCCCCCCCCCCCCCC)COP(=O)(O)OCCN. The Balaban J connectivity index is 4.03. The van der Waals surface area contributed by atoms with Crippen LogP contribution in [0.15, 0.2) is 36.5 Å². The fourth-order valence-corrected chi connectivity index (χ4v) is 7.53. The van der Waals surface area contributed by atoms with Crippen LogP contribution in [-0.4, -0.2) is 49.3 Å². The second kappa shape index (κ2) is 44.8. The maximum atomic E-state index is 12.6. The van der Waals surface area contributed by atoms with Crippen LogP contribution in [0.3, 0.4) is 0 Å². The smallest absolute Gasteiger partial charge is 0.462 e. The number of phosphoric ester groups is 1. The molecule has 0 saturated heterocycles. The van der Waals surface area contributed by atoms with Gasteiger partial charge in [-0.1, -0.05) is 204 Å². The lowest BCUT2D eigenvalue weighted by Crippen LogP contribution is -2.29. The molecule has 0 bridgehead atoms. The minimum Gasteiger partial charge on any atom is -0.462 e. The molecule has 0 aliphatic carbocycles. The zero-order valence-electron chi connectivity index (χ0n) is 37.5. The van der Waals surface area contributed by atoms with Gasteiger partial charge in [0.05, 0.1) is 13.2 Å². The normalized spacial score (nSPS) is 13.5. The van der Waals surface area contributed by atoms with E-state index < -0.39 is 26.5 Å². The molecular weight excluding hydrogens is 750 g/mol. The molecule has 58 heavy (non-hydrogen) atoms. The number of nitrogens with two attached hydrogens (primary N) is 1. The third-order valence-corrected chi connectivity index (χ3v) is 11.3. The predicted molar refractivity (Wildman–Crippen MR) is 243 cm³/mol. The summed E-state index contributed by atoms with van der Waals surface area (Å²) < 4.78 is 32.8. The van der Waals surface area contributed by atoms with Crippen LogP contribution < -0.4 is 5.73 Å². The first kappa shape index (κ1) is 56.2. The van der Waals surface area contributed by atoms with Gasteiger partial charge in [-0.25, -0.2) is 4.57 Å². The number of unbranched alkanes of at least 4 members (excludes halogenated alkanes) is 26. The summed E-state index contributed by atoms with van der Waals surface area (Å²) in [4.78, 5) is 34.9. The number of rotatable bonds is 45. The molecule has 0 saturated carbocycles. The summed E-state index contributed by atoms with van der Waals surface area (Å²) in [5, 5.41) is 0. The molecular formula is C48H90NO8P. The van der Waals surface area contributed by atoms with Crippen LogP contribution in [0.1, 0.15) is 226 Å². The number of esters is 2. The topological polar surface area (TPSA) is 134 Å². The largest absolute Gasteiger partial charge is 0.472 e. The van der Waals surface area contributed by atoms with Gasteiger partial charge in [0.25, 0.3) is 0 Å². The van der Waals surface area contributed by atoms with Crippen LogP contribution in [0.25, 0.3) is 0 Å². The molecule has 0 amide bonds. The first-order chi connectivity index (χ1) is 28.3. The van der Waals surface area contributed by atoms with Gasteiger partial charge >= 0.3 is 19.8 Å². The lowest BCUT2D eigenvalue weighted by Gasteiger charge is -2.19. The van der Waals surface area contributed by atoms with E-state index in [-0.39, 0.29) is 38.6 Å². The van der Waals surface area contributed by atoms with Crippen molar-refractivity contribution in [2.75, 3.05) is 26.4 Å². The fourth-order valence-electron chi connectivity index (χ4n) is 6.77. The Bertz CT molecular complexity index is 1050. The zero-order chi connectivity index (χ0) is 42.5. The first-order valence-corrected chi connectivity index (χ1v) is 25.5. The number of hydrogen-bond acceptors (Lipinski definition) is 8. The molecule has 10 heteroatoms. The van der Waals surface area contributed by atoms with E-state index in [1.165, 1.54) is 122 Å². The molecule has 0 spiro atoms. The third-order valence-electron chi connectivity index (χ3n) is 10.3. The predicted octanol–water partition coefficient (Wildman–Crippen LogP) is 14.1. The van der Waals surface area contributed by atoms with Crippen molar-refractivity contribution in [3.63, 3.8) is 0 Å². The molecule has 0 aromatic rings. The Morgan fingerprint density at radius 2 is 0.948 bits per heavy atom. The molecule has 1 unspecified atom stereocenters. The Morgan fingerprint density at radius 3 is 1.41 bits per heavy atom. The quantitative estimate of drug-likeness (QED) is 0.0266. The van der Waals surface area contributed by atoms with Gasteiger partial charge < -0.3 is 20.1 Å². The molecule has 0 aliphatic heterocycles. The molecule has 0 radical (unpaired) electrons. The van der Waals surface area contributed by atoms with E-state index in [1.807, 2.05) is 0 Å². The summed E-state index contributed by atoms with van der Waals surface area (Å²) in [7, 11) is -4.38. The van der Waals surface area contributed by atoms with Crippen molar-refractivity contribution < 1.29 is 37.6 Å². The minimum absolute atomic E-state index is 0.0508. The molecule has 2 atom stereocenters. The van der Waals surface area contributed by atoms with Crippen molar-refractivity contribution in [1.82, 2.24) is 0 Å². The van der Waals surface area contributed by atoms with E-state index in [4.69, 9.17) is 24.3 Å². The molecule has 0 fully saturated rings. The molecule has 0 rings (SSSR count). The molecule has 0 aromatic carbocycles. The van der Waals surface area contributed by atoms with Gasteiger partial charge in [-0.05, 0) is 44.9 Å². The Kier molecular flexibility index (Phi) is 43.4. The van der Waals surface area contributed by atoms with Gasteiger partial charge in [0.15, 0.2) is 6.10 Å². The lowest BCUT2D eigenvalue weighted by molar-refractivity contribution is -0.161. The molecule has 340 valence electrons. The number of ether oxygens (including phenoxy) is 2. The summed E-state index contributed by atoms with van der Waals surface area (Å²) in [5.41, 5.74) is 5.35. The maximum absolute atomic E-state index is 12.6. The van der Waals surface area contributed by atoms with Gasteiger partial charge in [-0.2, -0.15) is 0 Å². The highest BCUT2D eigenvalue weighted by Crippen LogP contribution is 2.43. The van der Waals surface area contributed by atoms with E-state index >= 15 is 0 Å². The third kappa shape index (κ3) is 43.8. The number of carbonyl (C=O) groups is 2. The highest BCUT2D eigenvalue weighted by Gasteiger charge is 2.26. The standard InChI is InChI=1S/C48H90NO8P/c1-3-5-7-9-11-13-15-17-19-20-21-22-23-24-25-27-28-30-32-34-36-38-40-47(50)54-44-46(45-56-58(52,53)55-43-42-49)57-48(51)41-39-37-35-33-31-29-26-18-16-14-12-10-8-6-4-2/h6,8,12,14,18,26,46H,3-5,7,9-11,13,15-17,19-25,27-45,49H2,1-2H3,(H,52,53)/b8-6+,14-12+,26-18+/t46-/m1/s1. The molecule has 0 heterocycles. The van der Waals surface area contributed by atoms with Crippen molar-refractivity contribution in [3.8, 4) is 0 Å². The van der Waals surface area contributed by atoms with Gasteiger partial charge in [0.2, 0.25) is 0 Å². The molecule has 9 nitrogen and oxygen atoms in total. The second-order valence-electron chi connectivity index (χ2n) is 16.0. The van der Waals surface area contributed by atoms with Crippen LogP contribution in [0.4, 0.5) is 0 Å². The summed E-state index contributed by atoms with van der Waals surface area (Å²) in [6.45, 7) is 3.63. The van der Waals surface area contributed by atoms with Crippen LogP contribution in [0, 0.1) is 0 Å². The summed E-state index contributed by atoms with van der Waals surface area (Å²) in [6, 6.07) is 0. The van der Waals surface area contributed by atoms with Crippen molar-refractivity contribution in [1.29, 1.82) is 0 Å². The summed E-state index contributed by atoms with van der Waals surface area (Å²) >= 11 is 0. The van der Waals surface area contributed by atoms with Gasteiger partial charge in [0.1, 0.15) is 6.61 Å². The van der Waals surface area contributed by atoms with Crippen molar-refractivity contribution in [2.24, 2.45) is 5.73 Å². The van der Waals surface area contributed by atoms with Crippen molar-refractivity contribution >= 4 is 19.8 Å². The fraction of sp³-hybridized carbons (Fsp3) is 0.833. The van der Waals surface area contributed by atoms with Crippen molar-refractivity contribution in [3.05, 3.63) is 36.5 Å². The van der Waals surface area contributed by atoms with E-state index in [9.17, 15) is 19.0 Å². The Hall–Kier alpha value is -1.77. The van der Waals surface area contributed by atoms with Gasteiger partial charge in [-0.3, -0.25) is 18.6 Å². The van der Waals surface area contributed by atoms with E-state index in [2.05, 4.69) is 50.3 Å². The lowest BCUT2D eigenvalue weighted by atomic mass is 10.0. The Labute approximate surface area is 356 Å². The van der Waals surface area contributed by atoms with E-state index in [0.29, 0.717) is 6.42 Å². The van der Waals surface area contributed by atoms with Crippen LogP contribution in [0.2, 0.25) is 0 Å². The zero-order valence-corrected chi connectivity index (χ0v) is 38.4. The summed E-state index contributed by atoms with van der Waals surface area (Å²) in [5.74, 6) is -0.840. The van der Waals surface area contributed by atoms with Crippen LogP contribution in [-0.2, 0) is 32.7 Å². The number of phosphoric acid groups is 1. The molecule has 0 aliphatic rings. The first-order valence-electron chi connectivity index (χ1n) is 24.0. The van der Waals surface area contributed by atoms with Gasteiger partial charge in [-0.15, -0.1) is 0 Å². The van der Waals surface area contributed by atoms with Crippen molar-refractivity contribution in [2.45, 2.75) is 232 Å². The van der Waals surface area contributed by atoms with E-state index in [1.54, 1.807) is 0 Å².